The van der Waals surface area contributed by atoms with Crippen LogP contribution in [0.1, 0.15) is 30.5 Å². The monoisotopic (exact) mass is 221 g/mol. The highest BCUT2D eigenvalue weighted by atomic mass is 19.1. The molecule has 1 nitrogen and oxygen atoms in total. The van der Waals surface area contributed by atoms with Gasteiger partial charge in [-0.2, -0.15) is 0 Å². The first-order chi connectivity index (χ1) is 7.56. The van der Waals surface area contributed by atoms with Crippen LogP contribution in [0, 0.1) is 11.7 Å². The fourth-order valence-corrected chi connectivity index (χ4v) is 2.37. The molecule has 0 N–H and O–H groups in total. The molecule has 0 aliphatic carbocycles. The van der Waals surface area contributed by atoms with Gasteiger partial charge in [-0.1, -0.05) is 19.9 Å². The van der Waals surface area contributed by atoms with Crippen molar-refractivity contribution in [1.82, 2.24) is 4.90 Å². The third-order valence-corrected chi connectivity index (χ3v) is 3.20. The summed E-state index contributed by atoms with van der Waals surface area (Å²) >= 11 is 0. The Kier molecular flexibility index (Phi) is 3.29. The molecular formula is C14H20FN. The van der Waals surface area contributed by atoms with E-state index in [2.05, 4.69) is 31.9 Å². The van der Waals surface area contributed by atoms with Gasteiger partial charge in [0.15, 0.2) is 0 Å². The number of halogens is 1. The zero-order chi connectivity index (χ0) is 11.7. The van der Waals surface area contributed by atoms with Crippen LogP contribution in [-0.2, 0) is 19.4 Å². The Labute approximate surface area is 97.3 Å². The predicted octanol–water partition coefficient (Wildman–Crippen LogP) is 3.01. The van der Waals surface area contributed by atoms with E-state index in [9.17, 15) is 4.39 Å². The molecule has 0 saturated carbocycles. The Bertz CT molecular complexity index is 385. The van der Waals surface area contributed by atoms with Crippen molar-refractivity contribution >= 4 is 0 Å². The van der Waals surface area contributed by atoms with Gasteiger partial charge in [0, 0.05) is 13.1 Å². The summed E-state index contributed by atoms with van der Waals surface area (Å²) in [5.74, 6) is 0.492. The smallest absolute Gasteiger partial charge is 0.126 e. The maximum atomic E-state index is 13.8. The highest BCUT2D eigenvalue weighted by Gasteiger charge is 2.16. The van der Waals surface area contributed by atoms with E-state index in [0.29, 0.717) is 5.92 Å². The van der Waals surface area contributed by atoms with Crippen LogP contribution in [0.25, 0.3) is 0 Å². The Morgan fingerprint density at radius 3 is 2.75 bits per heavy atom. The van der Waals surface area contributed by atoms with Crippen LogP contribution in [0.3, 0.4) is 0 Å². The molecule has 0 amide bonds. The number of hydrogen-bond acceptors (Lipinski definition) is 1. The first-order valence-electron chi connectivity index (χ1n) is 6.05. The van der Waals surface area contributed by atoms with E-state index < -0.39 is 0 Å². The van der Waals surface area contributed by atoms with Crippen LogP contribution >= 0.6 is 0 Å². The molecule has 1 aliphatic rings. The molecule has 0 atom stereocenters. The highest BCUT2D eigenvalue weighted by Crippen LogP contribution is 2.23. The van der Waals surface area contributed by atoms with Gasteiger partial charge in [-0.15, -0.1) is 0 Å². The molecule has 2 heteroatoms. The number of fused-ring (bicyclic) bond motifs is 1. The number of benzene rings is 1. The SMILES string of the molecule is CC(C)Cc1cc2c(cc1F)CCN(C)C2. The van der Waals surface area contributed by atoms with Crippen LogP contribution in [0.4, 0.5) is 4.39 Å². The predicted molar refractivity (Wildman–Crippen MR) is 65.0 cm³/mol. The Balaban J connectivity index is 2.31. The lowest BCUT2D eigenvalue weighted by Crippen LogP contribution is -2.26. The van der Waals surface area contributed by atoms with Crippen molar-refractivity contribution in [2.24, 2.45) is 5.92 Å². The highest BCUT2D eigenvalue weighted by molar-refractivity contribution is 5.35. The molecule has 2 rings (SSSR count). The van der Waals surface area contributed by atoms with E-state index in [-0.39, 0.29) is 5.82 Å². The third-order valence-electron chi connectivity index (χ3n) is 3.20. The lowest BCUT2D eigenvalue weighted by molar-refractivity contribution is 0.312. The summed E-state index contributed by atoms with van der Waals surface area (Å²) in [6.07, 6.45) is 1.81. The second kappa shape index (κ2) is 4.54. The summed E-state index contributed by atoms with van der Waals surface area (Å²) in [7, 11) is 2.12. The molecule has 0 bridgehead atoms. The van der Waals surface area contributed by atoms with Gasteiger partial charge in [0.1, 0.15) is 5.82 Å². The van der Waals surface area contributed by atoms with E-state index in [4.69, 9.17) is 0 Å². The third kappa shape index (κ3) is 2.43. The summed E-state index contributed by atoms with van der Waals surface area (Å²) in [5.41, 5.74) is 3.39. The van der Waals surface area contributed by atoms with Crippen molar-refractivity contribution in [1.29, 1.82) is 0 Å². The van der Waals surface area contributed by atoms with E-state index >= 15 is 0 Å². The molecule has 0 unspecified atom stereocenters. The summed E-state index contributed by atoms with van der Waals surface area (Å²) in [5, 5.41) is 0. The maximum Gasteiger partial charge on any atom is 0.126 e. The van der Waals surface area contributed by atoms with Crippen molar-refractivity contribution in [2.75, 3.05) is 13.6 Å². The molecule has 0 spiro atoms. The van der Waals surface area contributed by atoms with Gasteiger partial charge in [-0.05, 0) is 48.6 Å². The first kappa shape index (κ1) is 11.6. The Hall–Kier alpha value is -0.890. The second-order valence-electron chi connectivity index (χ2n) is 5.30. The van der Waals surface area contributed by atoms with Gasteiger partial charge in [0.05, 0.1) is 0 Å². The molecule has 1 aromatic rings. The Morgan fingerprint density at radius 2 is 2.06 bits per heavy atom. The van der Waals surface area contributed by atoms with Crippen LogP contribution in [0.5, 0.6) is 0 Å². The minimum Gasteiger partial charge on any atom is -0.302 e. The van der Waals surface area contributed by atoms with Gasteiger partial charge in [-0.25, -0.2) is 4.39 Å². The fourth-order valence-electron chi connectivity index (χ4n) is 2.37. The Morgan fingerprint density at radius 1 is 1.31 bits per heavy atom. The molecule has 1 aliphatic heterocycles. The first-order valence-corrected chi connectivity index (χ1v) is 6.05. The molecule has 0 saturated heterocycles. The summed E-state index contributed by atoms with van der Waals surface area (Å²) < 4.78 is 13.8. The number of nitrogens with zero attached hydrogens (tertiary/aromatic N) is 1. The molecule has 0 fully saturated rings. The molecule has 88 valence electrons. The quantitative estimate of drug-likeness (QED) is 0.742. The zero-order valence-corrected chi connectivity index (χ0v) is 10.4. The van der Waals surface area contributed by atoms with Crippen LogP contribution in [0.15, 0.2) is 12.1 Å². The normalized spacial score (nSPS) is 16.6. The van der Waals surface area contributed by atoms with Gasteiger partial charge in [-0.3, -0.25) is 0 Å². The van der Waals surface area contributed by atoms with Crippen molar-refractivity contribution in [3.05, 3.63) is 34.6 Å². The topological polar surface area (TPSA) is 3.24 Å². The lowest BCUT2D eigenvalue weighted by Gasteiger charge is -2.25. The van der Waals surface area contributed by atoms with Gasteiger partial charge in [0.25, 0.3) is 0 Å². The molecule has 0 radical (unpaired) electrons. The van der Waals surface area contributed by atoms with Crippen LogP contribution in [0.2, 0.25) is 0 Å². The molecule has 1 heterocycles. The van der Waals surface area contributed by atoms with E-state index in [1.807, 2.05) is 0 Å². The van der Waals surface area contributed by atoms with Crippen LogP contribution in [-0.4, -0.2) is 18.5 Å². The summed E-state index contributed by atoms with van der Waals surface area (Å²) in [6, 6.07) is 3.82. The molecular weight excluding hydrogens is 201 g/mol. The number of likely N-dealkylation sites (N-methyl/N-ethyl adjacent to an activating group) is 1. The zero-order valence-electron chi connectivity index (χ0n) is 10.4. The lowest BCUT2D eigenvalue weighted by atomic mass is 9.94. The number of hydrogen-bond donors (Lipinski definition) is 0. The molecule has 1 aromatic carbocycles. The fraction of sp³-hybridized carbons (Fsp3) is 0.571. The van der Waals surface area contributed by atoms with Gasteiger partial charge < -0.3 is 4.90 Å². The standard InChI is InChI=1S/C14H20FN/c1-10(2)6-12-7-13-9-16(3)5-4-11(13)8-14(12)15/h7-8,10H,4-6,9H2,1-3H3. The van der Waals surface area contributed by atoms with Crippen LogP contribution < -0.4 is 0 Å². The average Bonchev–Trinajstić information content (AvgIpc) is 2.19. The van der Waals surface area contributed by atoms with Crippen molar-refractivity contribution < 1.29 is 4.39 Å². The van der Waals surface area contributed by atoms with Crippen molar-refractivity contribution in [3.8, 4) is 0 Å². The van der Waals surface area contributed by atoms with Gasteiger partial charge in [0.2, 0.25) is 0 Å². The second-order valence-corrected chi connectivity index (χ2v) is 5.30. The van der Waals surface area contributed by atoms with Gasteiger partial charge >= 0.3 is 0 Å². The molecule has 16 heavy (non-hydrogen) atoms. The van der Waals surface area contributed by atoms with E-state index in [1.165, 1.54) is 11.1 Å². The summed E-state index contributed by atoms with van der Waals surface area (Å²) in [4.78, 5) is 2.29. The average molecular weight is 221 g/mol. The summed E-state index contributed by atoms with van der Waals surface area (Å²) in [6.45, 7) is 6.26. The number of rotatable bonds is 2. The minimum absolute atomic E-state index is 0.0167. The largest absolute Gasteiger partial charge is 0.302 e. The molecule has 0 aromatic heterocycles. The van der Waals surface area contributed by atoms with E-state index in [1.54, 1.807) is 6.07 Å². The van der Waals surface area contributed by atoms with Crippen molar-refractivity contribution in [2.45, 2.75) is 33.2 Å². The minimum atomic E-state index is -0.0167. The maximum absolute atomic E-state index is 13.8. The van der Waals surface area contributed by atoms with E-state index in [0.717, 1.165) is 31.5 Å². The van der Waals surface area contributed by atoms with Crippen molar-refractivity contribution in [3.63, 3.8) is 0 Å².